The highest BCUT2D eigenvalue weighted by Gasteiger charge is 2.15. The number of rotatable bonds is 4. The zero-order chi connectivity index (χ0) is 14.7. The first-order chi connectivity index (χ1) is 10.3. The first-order valence-corrected chi connectivity index (χ1v) is 6.98. The Morgan fingerprint density at radius 3 is 2.38 bits per heavy atom. The monoisotopic (exact) mass is 298 g/mol. The minimum Gasteiger partial charge on any atom is -0.271 e. The number of hydrazine groups is 1. The first kappa shape index (κ1) is 13.8. The number of benzene rings is 2. The highest BCUT2D eigenvalue weighted by molar-refractivity contribution is 6.30. The standard InChI is InChI=1S/C16H15ClN4/c17-13-8-6-12(7-9-13)16(19-18)15-10-11-21(20-15)14-4-2-1-3-5-14/h1-11,16,19H,18H2. The molecule has 1 atom stereocenters. The predicted octanol–water partition coefficient (Wildman–Crippen LogP) is 3.08. The van der Waals surface area contributed by atoms with Crippen LogP contribution in [0, 0.1) is 0 Å². The minimum atomic E-state index is -0.174. The van der Waals surface area contributed by atoms with Crippen LogP contribution in [0.4, 0.5) is 0 Å². The van der Waals surface area contributed by atoms with Gasteiger partial charge in [0.25, 0.3) is 0 Å². The zero-order valence-electron chi connectivity index (χ0n) is 11.3. The van der Waals surface area contributed by atoms with Crippen LogP contribution in [-0.2, 0) is 0 Å². The molecule has 5 heteroatoms. The molecule has 0 radical (unpaired) electrons. The summed E-state index contributed by atoms with van der Waals surface area (Å²) in [7, 11) is 0. The van der Waals surface area contributed by atoms with E-state index in [0.29, 0.717) is 5.02 Å². The van der Waals surface area contributed by atoms with Crippen molar-refractivity contribution in [2.24, 2.45) is 5.84 Å². The van der Waals surface area contributed by atoms with Crippen molar-refractivity contribution in [1.29, 1.82) is 0 Å². The molecule has 106 valence electrons. The Hall–Kier alpha value is -2.14. The molecular weight excluding hydrogens is 284 g/mol. The summed E-state index contributed by atoms with van der Waals surface area (Å²) in [4.78, 5) is 0. The van der Waals surface area contributed by atoms with Crippen LogP contribution in [0.2, 0.25) is 5.02 Å². The van der Waals surface area contributed by atoms with Crippen molar-refractivity contribution >= 4 is 11.6 Å². The van der Waals surface area contributed by atoms with Gasteiger partial charge < -0.3 is 0 Å². The minimum absolute atomic E-state index is 0.174. The van der Waals surface area contributed by atoms with Gasteiger partial charge in [-0.15, -0.1) is 0 Å². The Labute approximate surface area is 128 Å². The van der Waals surface area contributed by atoms with Gasteiger partial charge in [0.2, 0.25) is 0 Å². The smallest absolute Gasteiger partial charge is 0.0900 e. The van der Waals surface area contributed by atoms with E-state index in [-0.39, 0.29) is 6.04 Å². The van der Waals surface area contributed by atoms with Gasteiger partial charge >= 0.3 is 0 Å². The van der Waals surface area contributed by atoms with Crippen LogP contribution in [0.25, 0.3) is 5.69 Å². The predicted molar refractivity (Wildman–Crippen MR) is 84.2 cm³/mol. The zero-order valence-corrected chi connectivity index (χ0v) is 12.0. The quantitative estimate of drug-likeness (QED) is 0.575. The fourth-order valence-electron chi connectivity index (χ4n) is 2.22. The molecule has 0 saturated heterocycles. The van der Waals surface area contributed by atoms with E-state index in [2.05, 4.69) is 10.5 Å². The van der Waals surface area contributed by atoms with Gasteiger partial charge in [0.15, 0.2) is 0 Å². The molecule has 0 aliphatic carbocycles. The van der Waals surface area contributed by atoms with Gasteiger partial charge in [-0.05, 0) is 35.9 Å². The molecule has 3 N–H and O–H groups in total. The number of hydrogen-bond donors (Lipinski definition) is 2. The highest BCUT2D eigenvalue weighted by Crippen LogP contribution is 2.22. The maximum atomic E-state index is 5.92. The molecule has 3 aromatic rings. The average Bonchev–Trinajstić information content (AvgIpc) is 3.00. The summed E-state index contributed by atoms with van der Waals surface area (Å²) in [5, 5.41) is 5.29. The number of nitrogens with two attached hydrogens (primary N) is 1. The van der Waals surface area contributed by atoms with Gasteiger partial charge in [-0.25, -0.2) is 10.1 Å². The third-order valence-corrected chi connectivity index (χ3v) is 3.55. The van der Waals surface area contributed by atoms with Gasteiger partial charge in [-0.1, -0.05) is 41.9 Å². The van der Waals surface area contributed by atoms with Gasteiger partial charge in [0.1, 0.15) is 0 Å². The lowest BCUT2D eigenvalue weighted by molar-refractivity contribution is 0.612. The lowest BCUT2D eigenvalue weighted by Crippen LogP contribution is -2.29. The molecule has 21 heavy (non-hydrogen) atoms. The Bertz CT molecular complexity index is 707. The Morgan fingerprint density at radius 2 is 1.71 bits per heavy atom. The Morgan fingerprint density at radius 1 is 1.00 bits per heavy atom. The molecule has 1 aromatic heterocycles. The summed E-state index contributed by atoms with van der Waals surface area (Å²) in [6.45, 7) is 0. The third-order valence-electron chi connectivity index (χ3n) is 3.30. The molecule has 0 bridgehead atoms. The number of hydrogen-bond acceptors (Lipinski definition) is 3. The molecule has 1 heterocycles. The summed E-state index contributed by atoms with van der Waals surface area (Å²) in [6, 6.07) is 19.3. The molecular formula is C16H15ClN4. The second-order valence-corrected chi connectivity index (χ2v) is 5.11. The molecule has 0 spiro atoms. The Balaban J connectivity index is 1.92. The maximum absolute atomic E-state index is 5.92. The maximum Gasteiger partial charge on any atom is 0.0900 e. The summed E-state index contributed by atoms with van der Waals surface area (Å²) in [6.07, 6.45) is 1.92. The molecule has 0 amide bonds. The number of aromatic nitrogens is 2. The van der Waals surface area contributed by atoms with E-state index >= 15 is 0 Å². The number of nitrogens with zero attached hydrogens (tertiary/aromatic N) is 2. The summed E-state index contributed by atoms with van der Waals surface area (Å²) in [5.41, 5.74) is 5.67. The highest BCUT2D eigenvalue weighted by atomic mass is 35.5. The van der Waals surface area contributed by atoms with Crippen LogP contribution >= 0.6 is 11.6 Å². The van der Waals surface area contributed by atoms with E-state index < -0.39 is 0 Å². The number of nitrogens with one attached hydrogen (secondary N) is 1. The van der Waals surface area contributed by atoms with Gasteiger partial charge in [0.05, 0.1) is 17.4 Å². The average molecular weight is 299 g/mol. The van der Waals surface area contributed by atoms with Gasteiger partial charge in [-0.2, -0.15) is 5.10 Å². The van der Waals surface area contributed by atoms with Crippen molar-refractivity contribution in [2.75, 3.05) is 0 Å². The fourth-order valence-corrected chi connectivity index (χ4v) is 2.35. The van der Waals surface area contributed by atoms with Crippen molar-refractivity contribution in [3.05, 3.63) is 83.1 Å². The summed E-state index contributed by atoms with van der Waals surface area (Å²) < 4.78 is 1.83. The van der Waals surface area contributed by atoms with Crippen molar-refractivity contribution in [1.82, 2.24) is 15.2 Å². The molecule has 0 aliphatic heterocycles. The lowest BCUT2D eigenvalue weighted by Gasteiger charge is -2.14. The van der Waals surface area contributed by atoms with Crippen LogP contribution < -0.4 is 11.3 Å². The fraction of sp³-hybridized carbons (Fsp3) is 0.0625. The van der Waals surface area contributed by atoms with E-state index in [9.17, 15) is 0 Å². The molecule has 0 aliphatic rings. The lowest BCUT2D eigenvalue weighted by atomic mass is 10.1. The van der Waals surface area contributed by atoms with E-state index in [1.54, 1.807) is 0 Å². The van der Waals surface area contributed by atoms with Gasteiger partial charge in [-0.3, -0.25) is 5.84 Å². The second-order valence-electron chi connectivity index (χ2n) is 4.67. The van der Waals surface area contributed by atoms with E-state index in [4.69, 9.17) is 17.4 Å². The van der Waals surface area contributed by atoms with Crippen LogP contribution in [0.3, 0.4) is 0 Å². The van der Waals surface area contributed by atoms with Gasteiger partial charge in [0, 0.05) is 11.2 Å². The van der Waals surface area contributed by atoms with E-state index in [1.165, 1.54) is 0 Å². The first-order valence-electron chi connectivity index (χ1n) is 6.60. The van der Waals surface area contributed by atoms with E-state index in [0.717, 1.165) is 16.9 Å². The third kappa shape index (κ3) is 2.97. The van der Waals surface area contributed by atoms with Crippen molar-refractivity contribution in [3.8, 4) is 5.69 Å². The van der Waals surface area contributed by atoms with Crippen molar-refractivity contribution in [3.63, 3.8) is 0 Å². The summed E-state index contributed by atoms with van der Waals surface area (Å²) >= 11 is 5.92. The molecule has 2 aromatic carbocycles. The van der Waals surface area contributed by atoms with Crippen LogP contribution in [0.5, 0.6) is 0 Å². The number of para-hydroxylation sites is 1. The van der Waals surface area contributed by atoms with Crippen LogP contribution in [0.15, 0.2) is 66.9 Å². The van der Waals surface area contributed by atoms with Crippen LogP contribution in [-0.4, -0.2) is 9.78 Å². The molecule has 4 nitrogen and oxygen atoms in total. The SMILES string of the molecule is NNC(c1ccc(Cl)cc1)c1ccn(-c2ccccc2)n1. The summed E-state index contributed by atoms with van der Waals surface area (Å²) in [5.74, 6) is 5.69. The Kier molecular flexibility index (Phi) is 4.01. The number of halogens is 1. The van der Waals surface area contributed by atoms with Crippen LogP contribution in [0.1, 0.15) is 17.3 Å². The normalized spacial score (nSPS) is 12.3. The topological polar surface area (TPSA) is 55.9 Å². The largest absolute Gasteiger partial charge is 0.271 e. The molecule has 0 saturated carbocycles. The van der Waals surface area contributed by atoms with Crippen molar-refractivity contribution < 1.29 is 0 Å². The van der Waals surface area contributed by atoms with Crippen molar-refractivity contribution in [2.45, 2.75) is 6.04 Å². The second kappa shape index (κ2) is 6.10. The van der Waals surface area contributed by atoms with E-state index in [1.807, 2.05) is 71.5 Å². The molecule has 1 unspecified atom stereocenters. The molecule has 0 fully saturated rings. The molecule has 3 rings (SSSR count).